The number of likely N-dealkylation sites (N-methyl/N-ethyl adjacent to an activating group) is 1. The number of ether oxygens (including phenoxy) is 3. The van der Waals surface area contributed by atoms with Gasteiger partial charge in [-0.2, -0.15) is 13.2 Å². The van der Waals surface area contributed by atoms with E-state index in [0.29, 0.717) is 48.4 Å². The Bertz CT molecular complexity index is 2510. The maximum Gasteiger partial charge on any atom is 0.491 e. The second-order valence-corrected chi connectivity index (χ2v) is 16.6. The van der Waals surface area contributed by atoms with Gasteiger partial charge in [-0.15, -0.1) is 0 Å². The van der Waals surface area contributed by atoms with E-state index >= 15 is 0 Å². The third kappa shape index (κ3) is 9.38. The van der Waals surface area contributed by atoms with Crippen molar-refractivity contribution in [3.05, 3.63) is 124 Å². The molecule has 3 aliphatic rings. The molecule has 2 bridgehead atoms. The van der Waals surface area contributed by atoms with Crippen LogP contribution in [0.4, 0.5) is 29.3 Å². The zero-order valence-corrected chi connectivity index (χ0v) is 34.0. The van der Waals surface area contributed by atoms with E-state index in [2.05, 4.69) is 39.8 Å². The third-order valence-electron chi connectivity index (χ3n) is 12.2. The molecular weight excluding hydrogens is 808 g/mol. The van der Waals surface area contributed by atoms with Gasteiger partial charge in [0.1, 0.15) is 30.4 Å². The molecule has 6 atom stereocenters. The lowest BCUT2D eigenvalue weighted by atomic mass is 9.96. The van der Waals surface area contributed by atoms with Gasteiger partial charge in [0.2, 0.25) is 11.5 Å². The number of benzene rings is 4. The summed E-state index contributed by atoms with van der Waals surface area (Å²) in [4.78, 5) is 52.0. The first-order chi connectivity index (χ1) is 29.6. The first kappa shape index (κ1) is 42.6. The smallest absolute Gasteiger partial charge is 0.445 e. The number of hydrogen-bond donors (Lipinski definition) is 5. The highest BCUT2D eigenvalue weighted by Gasteiger charge is 2.70. The van der Waals surface area contributed by atoms with Crippen LogP contribution in [0.1, 0.15) is 48.5 Å². The molecule has 0 spiro atoms. The number of aromatic amines is 1. The number of anilines is 2. The first-order valence-electron chi connectivity index (χ1n) is 20.5. The predicted octanol–water partition coefficient (Wildman–Crippen LogP) is 6.75. The van der Waals surface area contributed by atoms with Gasteiger partial charge in [-0.25, -0.2) is 9.59 Å². The molecule has 62 heavy (non-hydrogen) atoms. The van der Waals surface area contributed by atoms with Crippen LogP contribution in [0, 0.1) is 0 Å². The highest BCUT2D eigenvalue weighted by molar-refractivity contribution is 5.93. The number of aliphatic hydroxyl groups excluding tert-OH is 1. The maximum absolute atomic E-state index is 13.3. The van der Waals surface area contributed by atoms with Gasteiger partial charge < -0.3 is 39.4 Å². The molecule has 3 aliphatic heterocycles. The van der Waals surface area contributed by atoms with Crippen LogP contribution in [0.2, 0.25) is 0 Å². The van der Waals surface area contributed by atoms with E-state index in [1.807, 2.05) is 60.7 Å². The summed E-state index contributed by atoms with van der Waals surface area (Å²) in [7, 11) is 4.47. The van der Waals surface area contributed by atoms with Crippen LogP contribution in [0.5, 0.6) is 5.75 Å². The van der Waals surface area contributed by atoms with E-state index in [1.54, 1.807) is 12.1 Å². The summed E-state index contributed by atoms with van der Waals surface area (Å²) >= 11 is 0. The molecule has 0 radical (unpaired) electrons. The predicted molar refractivity (Wildman–Crippen MR) is 224 cm³/mol. The van der Waals surface area contributed by atoms with Gasteiger partial charge in [-0.05, 0) is 65.4 Å². The number of nitrogens with one attached hydrogen (secondary N) is 4. The number of quaternary nitrogens is 1. The molecule has 5 N–H and O–H groups in total. The molecule has 5 aromatic rings. The number of nitrogens with zero attached hydrogens (tertiary/aromatic N) is 1. The Morgan fingerprint density at radius 2 is 1.61 bits per heavy atom. The van der Waals surface area contributed by atoms with Crippen molar-refractivity contribution in [2.75, 3.05) is 31.3 Å². The summed E-state index contributed by atoms with van der Waals surface area (Å²) < 4.78 is 55.7. The number of amides is 2. The zero-order chi connectivity index (χ0) is 43.8. The van der Waals surface area contributed by atoms with Crippen molar-refractivity contribution in [1.82, 2.24) is 10.3 Å². The second-order valence-electron chi connectivity index (χ2n) is 16.6. The quantitative estimate of drug-likeness (QED) is 0.0351. The molecular formula is C46H47F3N5O8+. The summed E-state index contributed by atoms with van der Waals surface area (Å²) in [6, 6.07) is 28.5. The topological polar surface area (TPSA) is 171 Å². The normalized spacial score (nSPS) is 21.4. The molecule has 0 saturated carbocycles. The summed E-state index contributed by atoms with van der Waals surface area (Å²) in [6.07, 6.45) is -3.52. The molecule has 4 heterocycles. The number of pyridine rings is 1. The van der Waals surface area contributed by atoms with Crippen LogP contribution in [0.25, 0.3) is 22.0 Å². The van der Waals surface area contributed by atoms with Crippen molar-refractivity contribution in [1.29, 1.82) is 0 Å². The fourth-order valence-electron chi connectivity index (χ4n) is 8.94. The number of epoxide rings is 1. The summed E-state index contributed by atoms with van der Waals surface area (Å²) in [5, 5.41) is 20.2. The summed E-state index contributed by atoms with van der Waals surface area (Å²) in [5.74, 6) is -3.09. The number of rotatable bonds is 14. The molecule has 3 fully saturated rings. The molecule has 16 heteroatoms. The van der Waals surface area contributed by atoms with Gasteiger partial charge in [-0.3, -0.25) is 14.9 Å². The number of carbonyl (C=O) groups excluding carboxylic acids is 3. The van der Waals surface area contributed by atoms with E-state index in [9.17, 15) is 37.5 Å². The maximum atomic E-state index is 13.3. The molecule has 1 aromatic heterocycles. The SMILES string of the molecule is C[N+]1(C)[C@@H]2CC(OC(=O)Nc3cc(CCCC(=O)Nc4ccc(CNC[C@H](O)c5ccc(OC(=O)C(F)(F)F)c6[nH]c(=O)ccc56)cc4)ccc3-c3ccccc3)C[C@H]1[C@@H]1O[C@@H]12. The Hall–Kier alpha value is -6.07. The van der Waals surface area contributed by atoms with Crippen molar-refractivity contribution in [2.24, 2.45) is 0 Å². The number of fused-ring (bicyclic) bond motifs is 6. The molecule has 3 saturated heterocycles. The molecule has 4 aromatic carbocycles. The van der Waals surface area contributed by atoms with Gasteiger partial charge in [0, 0.05) is 55.1 Å². The number of aromatic nitrogens is 1. The number of hydrogen-bond acceptors (Lipinski definition) is 9. The Labute approximate surface area is 354 Å². The van der Waals surface area contributed by atoms with Gasteiger partial charge in [0.25, 0.3) is 0 Å². The lowest BCUT2D eigenvalue weighted by Crippen LogP contribution is -2.60. The van der Waals surface area contributed by atoms with Crippen molar-refractivity contribution in [3.8, 4) is 16.9 Å². The van der Waals surface area contributed by atoms with Crippen molar-refractivity contribution < 1.29 is 51.4 Å². The van der Waals surface area contributed by atoms with E-state index < -0.39 is 35.7 Å². The largest absolute Gasteiger partial charge is 0.491 e. The summed E-state index contributed by atoms with van der Waals surface area (Å²) in [5.41, 5.74) is 4.42. The van der Waals surface area contributed by atoms with Crippen LogP contribution in [-0.2, 0) is 32.0 Å². The van der Waals surface area contributed by atoms with Crippen molar-refractivity contribution in [3.63, 3.8) is 0 Å². The monoisotopic (exact) mass is 854 g/mol. The van der Waals surface area contributed by atoms with Crippen LogP contribution >= 0.6 is 0 Å². The number of carbonyl (C=O) groups is 3. The van der Waals surface area contributed by atoms with E-state index in [4.69, 9.17) is 9.47 Å². The average molecular weight is 855 g/mol. The van der Waals surface area contributed by atoms with Crippen LogP contribution in [0.3, 0.4) is 0 Å². The average Bonchev–Trinajstić information content (AvgIpc) is 4.00. The third-order valence-corrected chi connectivity index (χ3v) is 12.2. The Morgan fingerprint density at radius 1 is 0.903 bits per heavy atom. The minimum Gasteiger partial charge on any atom is -0.445 e. The van der Waals surface area contributed by atoms with Gasteiger partial charge >= 0.3 is 18.2 Å². The standard InChI is InChI=1S/C46H46F3N5O8/c1-54(2)35-22-30(23-36(54)43-42(35)62-43)60-45(59)52-34-21-26(13-16-31(34)28-8-4-3-5-9-28)7-6-10-39(56)51-29-14-11-27(12-15-29)24-50-25-37(55)32-17-19-38(61-44(58)46(47,48)49)41-33(32)18-20-40(57)53-41/h3-5,8-9,11-21,30,35-37,42-43,50,55H,6-7,10,22-25H2,1-2H3,(H2-,51,52,53,56,57,59)/p+1/t30?,35-,36+,37-,42-,43+/m0/s1. The minimum absolute atomic E-state index is 0.0429. The number of esters is 1. The number of piperidine rings is 1. The Balaban J connectivity index is 0.813. The lowest BCUT2D eigenvalue weighted by molar-refractivity contribution is -0.938. The van der Waals surface area contributed by atoms with E-state index in [-0.39, 0.29) is 48.1 Å². The van der Waals surface area contributed by atoms with Crippen molar-refractivity contribution >= 4 is 40.2 Å². The van der Waals surface area contributed by atoms with Crippen LogP contribution in [0.15, 0.2) is 102 Å². The zero-order valence-electron chi connectivity index (χ0n) is 34.0. The first-order valence-corrected chi connectivity index (χ1v) is 20.5. The number of H-pyrrole nitrogens is 1. The lowest BCUT2D eigenvalue weighted by Gasteiger charge is -2.45. The number of morpholine rings is 1. The second kappa shape index (κ2) is 17.4. The number of aliphatic hydroxyl groups is 1. The van der Waals surface area contributed by atoms with Crippen molar-refractivity contribution in [2.45, 2.75) is 81.3 Å². The highest BCUT2D eigenvalue weighted by atomic mass is 19.4. The number of halogens is 3. The molecule has 13 nitrogen and oxygen atoms in total. The van der Waals surface area contributed by atoms with Crippen LogP contribution in [-0.4, -0.2) is 89.8 Å². The molecule has 8 rings (SSSR count). The van der Waals surface area contributed by atoms with E-state index in [1.165, 1.54) is 12.1 Å². The highest BCUT2D eigenvalue weighted by Crippen LogP contribution is 2.51. The minimum atomic E-state index is -5.24. The Morgan fingerprint density at radius 3 is 2.32 bits per heavy atom. The Kier molecular flexibility index (Phi) is 11.9. The van der Waals surface area contributed by atoms with E-state index in [0.717, 1.165) is 51.7 Å². The van der Waals surface area contributed by atoms with Crippen LogP contribution < -0.4 is 26.2 Å². The van der Waals surface area contributed by atoms with Gasteiger partial charge in [0.15, 0.2) is 5.75 Å². The fraction of sp³-hybridized carbons (Fsp3) is 0.348. The fourth-order valence-corrected chi connectivity index (χ4v) is 8.94. The van der Waals surface area contributed by atoms with Gasteiger partial charge in [-0.1, -0.05) is 60.7 Å². The molecule has 2 amide bonds. The van der Waals surface area contributed by atoms with Gasteiger partial charge in [0.05, 0.1) is 31.4 Å². The number of aryl methyl sites for hydroxylation is 1. The molecule has 0 aliphatic carbocycles. The molecule has 324 valence electrons. The summed E-state index contributed by atoms with van der Waals surface area (Å²) in [6.45, 7) is 0.385. The molecule has 1 unspecified atom stereocenters. The number of alkyl halides is 3.